The fourth-order valence-electron chi connectivity index (χ4n) is 3.45. The number of rotatable bonds is 5. The van der Waals surface area contributed by atoms with Crippen LogP contribution in [0.25, 0.3) is 0 Å². The van der Waals surface area contributed by atoms with Crippen LogP contribution in [0.5, 0.6) is 0 Å². The number of nitrogens with zero attached hydrogens (tertiary/aromatic N) is 2. The lowest BCUT2D eigenvalue weighted by molar-refractivity contribution is -0.133. The van der Waals surface area contributed by atoms with Crippen LogP contribution in [-0.4, -0.2) is 41.9 Å². The van der Waals surface area contributed by atoms with Crippen LogP contribution in [0, 0.1) is 0 Å². The summed E-state index contributed by atoms with van der Waals surface area (Å²) >= 11 is 5.97. The normalized spacial score (nSPS) is 17.7. The summed E-state index contributed by atoms with van der Waals surface area (Å²) in [5.41, 5.74) is 8.46. The zero-order valence-corrected chi connectivity index (χ0v) is 15.9. The molecule has 0 radical (unpaired) electrons. The van der Waals surface area contributed by atoms with Crippen LogP contribution >= 0.6 is 11.6 Å². The number of nitrogens with two attached hydrogens (primary N) is 1. The van der Waals surface area contributed by atoms with Gasteiger partial charge < -0.3 is 10.6 Å². The quantitative estimate of drug-likeness (QED) is 0.873. The number of piperazine rings is 1. The number of hydrogen-bond acceptors (Lipinski definition) is 3. The molecule has 2 unspecified atom stereocenters. The van der Waals surface area contributed by atoms with Crippen molar-refractivity contribution in [3.05, 3.63) is 70.7 Å². The molecule has 0 bridgehead atoms. The van der Waals surface area contributed by atoms with Gasteiger partial charge >= 0.3 is 0 Å². The van der Waals surface area contributed by atoms with Gasteiger partial charge in [0.15, 0.2) is 0 Å². The van der Waals surface area contributed by atoms with Gasteiger partial charge in [-0.1, -0.05) is 54.1 Å². The highest BCUT2D eigenvalue weighted by atomic mass is 35.5. The van der Waals surface area contributed by atoms with E-state index in [4.69, 9.17) is 17.3 Å². The molecular weight excluding hydrogens is 346 g/mol. The standard InChI is InChI=1S/C21H26ClN3O/c1-16(17-7-9-19(22)10-8-17)24-11-13-25(14-12-24)21(26)15-20(23)18-5-3-2-4-6-18/h2-10,16,20H,11-15,23H2,1H3. The lowest BCUT2D eigenvalue weighted by Crippen LogP contribution is -2.49. The van der Waals surface area contributed by atoms with Gasteiger partial charge in [0, 0.05) is 49.7 Å². The van der Waals surface area contributed by atoms with Crippen molar-refractivity contribution in [2.75, 3.05) is 26.2 Å². The van der Waals surface area contributed by atoms with E-state index < -0.39 is 0 Å². The lowest BCUT2D eigenvalue weighted by atomic mass is 10.0. The molecule has 3 rings (SSSR count). The number of carbonyl (C=O) groups excluding carboxylic acids is 1. The Morgan fingerprint density at radius 1 is 1.00 bits per heavy atom. The topological polar surface area (TPSA) is 49.6 Å². The molecule has 0 saturated carbocycles. The van der Waals surface area contributed by atoms with E-state index in [-0.39, 0.29) is 11.9 Å². The molecule has 1 amide bonds. The molecule has 26 heavy (non-hydrogen) atoms. The Labute approximate surface area is 160 Å². The molecule has 1 fully saturated rings. The van der Waals surface area contributed by atoms with E-state index in [2.05, 4.69) is 24.0 Å². The summed E-state index contributed by atoms with van der Waals surface area (Å²) in [6.45, 7) is 5.44. The third kappa shape index (κ3) is 4.64. The molecule has 138 valence electrons. The van der Waals surface area contributed by atoms with Crippen molar-refractivity contribution < 1.29 is 4.79 Å². The first kappa shape index (κ1) is 18.9. The Kier molecular flexibility index (Phi) is 6.30. The highest BCUT2D eigenvalue weighted by molar-refractivity contribution is 6.30. The minimum atomic E-state index is -0.241. The van der Waals surface area contributed by atoms with Gasteiger partial charge in [0.1, 0.15) is 0 Å². The van der Waals surface area contributed by atoms with Crippen LogP contribution in [0.15, 0.2) is 54.6 Å². The third-order valence-electron chi connectivity index (χ3n) is 5.19. The predicted molar refractivity (Wildman–Crippen MR) is 106 cm³/mol. The van der Waals surface area contributed by atoms with Gasteiger partial charge in [-0.15, -0.1) is 0 Å². The van der Waals surface area contributed by atoms with Gasteiger partial charge in [0.05, 0.1) is 0 Å². The first-order chi connectivity index (χ1) is 12.5. The first-order valence-corrected chi connectivity index (χ1v) is 9.50. The summed E-state index contributed by atoms with van der Waals surface area (Å²) in [4.78, 5) is 16.9. The zero-order chi connectivity index (χ0) is 18.5. The van der Waals surface area contributed by atoms with Gasteiger partial charge in [-0.2, -0.15) is 0 Å². The molecular formula is C21H26ClN3O. The highest BCUT2D eigenvalue weighted by Crippen LogP contribution is 2.24. The molecule has 1 aliphatic rings. The van der Waals surface area contributed by atoms with E-state index >= 15 is 0 Å². The fourth-order valence-corrected chi connectivity index (χ4v) is 3.57. The molecule has 1 heterocycles. The fraction of sp³-hybridized carbons (Fsp3) is 0.381. The van der Waals surface area contributed by atoms with E-state index in [1.165, 1.54) is 5.56 Å². The maximum atomic E-state index is 12.6. The van der Waals surface area contributed by atoms with Crippen LogP contribution < -0.4 is 5.73 Å². The van der Waals surface area contributed by atoms with Crippen molar-refractivity contribution in [2.24, 2.45) is 5.73 Å². The highest BCUT2D eigenvalue weighted by Gasteiger charge is 2.25. The maximum Gasteiger partial charge on any atom is 0.224 e. The summed E-state index contributed by atoms with van der Waals surface area (Å²) in [5, 5.41) is 0.756. The van der Waals surface area contributed by atoms with Crippen LogP contribution in [0.3, 0.4) is 0 Å². The summed E-state index contributed by atoms with van der Waals surface area (Å²) in [6, 6.07) is 17.9. The van der Waals surface area contributed by atoms with Crippen molar-refractivity contribution in [3.63, 3.8) is 0 Å². The molecule has 1 aliphatic heterocycles. The zero-order valence-electron chi connectivity index (χ0n) is 15.1. The summed E-state index contributed by atoms with van der Waals surface area (Å²) in [6.07, 6.45) is 0.358. The monoisotopic (exact) mass is 371 g/mol. The Hall–Kier alpha value is -1.88. The Morgan fingerprint density at radius 3 is 2.23 bits per heavy atom. The van der Waals surface area contributed by atoms with Gasteiger partial charge in [-0.05, 0) is 30.2 Å². The molecule has 0 aromatic heterocycles. The van der Waals surface area contributed by atoms with Crippen LogP contribution in [0.4, 0.5) is 0 Å². The van der Waals surface area contributed by atoms with Crippen molar-refractivity contribution >= 4 is 17.5 Å². The summed E-state index contributed by atoms with van der Waals surface area (Å²) in [7, 11) is 0. The molecule has 5 heteroatoms. The molecule has 0 spiro atoms. The Balaban J connectivity index is 1.51. The summed E-state index contributed by atoms with van der Waals surface area (Å²) < 4.78 is 0. The van der Waals surface area contributed by atoms with Crippen molar-refractivity contribution in [2.45, 2.75) is 25.4 Å². The smallest absolute Gasteiger partial charge is 0.224 e. The minimum absolute atomic E-state index is 0.139. The summed E-state index contributed by atoms with van der Waals surface area (Å²) in [5.74, 6) is 0.139. The van der Waals surface area contributed by atoms with Gasteiger partial charge in [-0.3, -0.25) is 9.69 Å². The van der Waals surface area contributed by atoms with Crippen LogP contribution in [-0.2, 0) is 4.79 Å². The van der Waals surface area contributed by atoms with E-state index in [9.17, 15) is 4.79 Å². The van der Waals surface area contributed by atoms with Gasteiger partial charge in [-0.25, -0.2) is 0 Å². The molecule has 1 saturated heterocycles. The van der Waals surface area contributed by atoms with Crippen molar-refractivity contribution in [3.8, 4) is 0 Å². The van der Waals surface area contributed by atoms with Crippen LogP contribution in [0.1, 0.15) is 36.6 Å². The molecule has 2 aromatic rings. The molecule has 0 aliphatic carbocycles. The van der Waals surface area contributed by atoms with E-state index in [1.807, 2.05) is 47.4 Å². The van der Waals surface area contributed by atoms with Gasteiger partial charge in [0.2, 0.25) is 5.91 Å². The van der Waals surface area contributed by atoms with E-state index in [0.29, 0.717) is 12.5 Å². The van der Waals surface area contributed by atoms with Crippen LogP contribution in [0.2, 0.25) is 5.02 Å². The molecule has 4 nitrogen and oxygen atoms in total. The average Bonchev–Trinajstić information content (AvgIpc) is 2.69. The largest absolute Gasteiger partial charge is 0.340 e. The Morgan fingerprint density at radius 2 is 1.62 bits per heavy atom. The predicted octanol–water partition coefficient (Wildman–Crippen LogP) is 3.64. The van der Waals surface area contributed by atoms with Gasteiger partial charge in [0.25, 0.3) is 0 Å². The number of benzene rings is 2. The molecule has 2 N–H and O–H groups in total. The number of halogens is 1. The number of hydrogen-bond donors (Lipinski definition) is 1. The van der Waals surface area contributed by atoms with Crippen molar-refractivity contribution in [1.82, 2.24) is 9.80 Å². The number of carbonyl (C=O) groups is 1. The molecule has 2 aromatic carbocycles. The first-order valence-electron chi connectivity index (χ1n) is 9.12. The lowest BCUT2D eigenvalue weighted by Gasteiger charge is -2.38. The average molecular weight is 372 g/mol. The second kappa shape index (κ2) is 8.67. The molecule has 2 atom stereocenters. The van der Waals surface area contributed by atoms with E-state index in [0.717, 1.165) is 36.8 Å². The third-order valence-corrected chi connectivity index (χ3v) is 5.44. The maximum absolute atomic E-state index is 12.6. The SMILES string of the molecule is CC(c1ccc(Cl)cc1)N1CCN(C(=O)CC(N)c2ccccc2)CC1. The Bertz CT molecular complexity index is 712. The van der Waals surface area contributed by atoms with Crippen molar-refractivity contribution in [1.29, 1.82) is 0 Å². The van der Waals surface area contributed by atoms with E-state index in [1.54, 1.807) is 0 Å². The number of amides is 1. The minimum Gasteiger partial charge on any atom is -0.340 e. The second-order valence-corrected chi connectivity index (χ2v) is 7.30. The second-order valence-electron chi connectivity index (χ2n) is 6.87.